The van der Waals surface area contributed by atoms with E-state index in [0.29, 0.717) is 24.4 Å². The lowest BCUT2D eigenvalue weighted by atomic mass is 10.0. The molecule has 3 aromatic rings. The Morgan fingerprint density at radius 2 is 2.03 bits per heavy atom. The molecule has 30 heavy (non-hydrogen) atoms. The predicted molar refractivity (Wildman–Crippen MR) is 110 cm³/mol. The van der Waals surface area contributed by atoms with Gasteiger partial charge in [-0.15, -0.1) is 0 Å². The van der Waals surface area contributed by atoms with Gasteiger partial charge in [0.25, 0.3) is 5.91 Å². The van der Waals surface area contributed by atoms with E-state index in [9.17, 15) is 9.90 Å². The van der Waals surface area contributed by atoms with Gasteiger partial charge in [0.15, 0.2) is 11.4 Å². The summed E-state index contributed by atoms with van der Waals surface area (Å²) >= 11 is 0. The zero-order valence-electron chi connectivity index (χ0n) is 16.9. The van der Waals surface area contributed by atoms with E-state index in [2.05, 4.69) is 34.1 Å². The first-order valence-corrected chi connectivity index (χ1v) is 9.92. The third-order valence-electron chi connectivity index (χ3n) is 5.37. The van der Waals surface area contributed by atoms with Crippen molar-refractivity contribution < 1.29 is 19.4 Å². The number of anilines is 2. The number of nitrogens with one attached hydrogen (secondary N) is 1. The van der Waals surface area contributed by atoms with Crippen LogP contribution < -0.4 is 15.0 Å². The SMILES string of the molecule is CC1(C)Cc2cc(NC(=O)c3cnn4cc(O)cnc34)c(N3CCOCC3)cc2O1. The van der Waals surface area contributed by atoms with Crippen LogP contribution in [-0.2, 0) is 11.2 Å². The average molecular weight is 409 g/mol. The highest BCUT2D eigenvalue weighted by atomic mass is 16.5. The minimum Gasteiger partial charge on any atom is -0.505 e. The number of morpholine rings is 1. The Balaban J connectivity index is 1.51. The molecule has 0 bridgehead atoms. The molecule has 0 radical (unpaired) electrons. The van der Waals surface area contributed by atoms with Crippen molar-refractivity contribution in [1.29, 1.82) is 0 Å². The zero-order valence-corrected chi connectivity index (χ0v) is 16.9. The number of nitrogens with zero attached hydrogens (tertiary/aromatic N) is 4. The van der Waals surface area contributed by atoms with Gasteiger partial charge in [-0.2, -0.15) is 5.10 Å². The Kier molecular flexibility index (Phi) is 4.28. The number of benzene rings is 1. The Bertz CT molecular complexity index is 1130. The monoisotopic (exact) mass is 409 g/mol. The van der Waals surface area contributed by atoms with Gasteiger partial charge in [0.1, 0.15) is 16.9 Å². The summed E-state index contributed by atoms with van der Waals surface area (Å²) in [4.78, 5) is 19.4. The van der Waals surface area contributed by atoms with Crippen LogP contribution in [0.25, 0.3) is 5.65 Å². The maximum Gasteiger partial charge on any atom is 0.261 e. The standard InChI is InChI=1S/C21H23N5O4/c1-21(2)9-13-7-16(17(8-18(13)30-21)25-3-5-29-6-4-25)24-20(28)15-11-23-26-12-14(27)10-22-19(15)26/h7-8,10-12,27H,3-6,9H2,1-2H3,(H,24,28). The third kappa shape index (κ3) is 3.30. The van der Waals surface area contributed by atoms with Crippen LogP contribution in [0.15, 0.2) is 30.7 Å². The van der Waals surface area contributed by atoms with Gasteiger partial charge in [-0.05, 0) is 19.9 Å². The lowest BCUT2D eigenvalue weighted by Gasteiger charge is -2.31. The van der Waals surface area contributed by atoms with Crippen molar-refractivity contribution in [3.63, 3.8) is 0 Å². The number of hydrogen-bond acceptors (Lipinski definition) is 7. The molecule has 9 heteroatoms. The highest BCUT2D eigenvalue weighted by molar-refractivity contribution is 6.09. The summed E-state index contributed by atoms with van der Waals surface area (Å²) in [5.41, 5.74) is 3.13. The number of fused-ring (bicyclic) bond motifs is 2. The topological polar surface area (TPSA) is 101 Å². The normalized spacial score (nSPS) is 17.6. The van der Waals surface area contributed by atoms with E-state index in [-0.39, 0.29) is 17.3 Å². The van der Waals surface area contributed by atoms with Crippen molar-refractivity contribution in [1.82, 2.24) is 14.6 Å². The van der Waals surface area contributed by atoms with E-state index >= 15 is 0 Å². The highest BCUT2D eigenvalue weighted by Crippen LogP contribution is 2.42. The number of carbonyl (C=O) groups is 1. The van der Waals surface area contributed by atoms with E-state index < -0.39 is 0 Å². The van der Waals surface area contributed by atoms with Crippen LogP contribution in [0, 0.1) is 0 Å². The summed E-state index contributed by atoms with van der Waals surface area (Å²) in [6.07, 6.45) is 4.92. The molecule has 2 aliphatic heterocycles. The fourth-order valence-electron chi connectivity index (χ4n) is 4.02. The molecular weight excluding hydrogens is 386 g/mol. The van der Waals surface area contributed by atoms with Gasteiger partial charge < -0.3 is 24.8 Å². The number of aromatic nitrogens is 3. The molecule has 1 saturated heterocycles. The van der Waals surface area contributed by atoms with Crippen LogP contribution in [-0.4, -0.2) is 57.5 Å². The molecule has 1 amide bonds. The molecule has 9 nitrogen and oxygen atoms in total. The first-order chi connectivity index (χ1) is 14.4. The van der Waals surface area contributed by atoms with Gasteiger partial charge in [-0.1, -0.05) is 0 Å². The van der Waals surface area contributed by atoms with E-state index in [0.717, 1.165) is 42.2 Å². The smallest absolute Gasteiger partial charge is 0.261 e. The molecule has 4 heterocycles. The molecule has 0 unspecified atom stereocenters. The summed E-state index contributed by atoms with van der Waals surface area (Å²) in [6.45, 7) is 6.86. The molecule has 5 rings (SSSR count). The van der Waals surface area contributed by atoms with Crippen molar-refractivity contribution in [3.05, 3.63) is 41.9 Å². The Morgan fingerprint density at radius 1 is 1.23 bits per heavy atom. The summed E-state index contributed by atoms with van der Waals surface area (Å²) in [5, 5.41) is 16.7. The quantitative estimate of drug-likeness (QED) is 0.684. The Morgan fingerprint density at radius 3 is 2.83 bits per heavy atom. The summed E-state index contributed by atoms with van der Waals surface area (Å²) in [5.74, 6) is 0.525. The number of aromatic hydroxyl groups is 1. The molecule has 2 N–H and O–H groups in total. The number of amides is 1. The van der Waals surface area contributed by atoms with Gasteiger partial charge in [-0.3, -0.25) is 4.79 Å². The largest absolute Gasteiger partial charge is 0.505 e. The second-order valence-electron chi connectivity index (χ2n) is 8.21. The van der Waals surface area contributed by atoms with Crippen molar-refractivity contribution in [2.45, 2.75) is 25.9 Å². The summed E-state index contributed by atoms with van der Waals surface area (Å²) in [6, 6.07) is 4.01. The van der Waals surface area contributed by atoms with Crippen LogP contribution >= 0.6 is 0 Å². The average Bonchev–Trinajstić information content (AvgIpc) is 3.26. The number of hydrogen-bond donors (Lipinski definition) is 2. The minimum absolute atomic E-state index is 0.0200. The van der Waals surface area contributed by atoms with Gasteiger partial charge in [-0.25, -0.2) is 9.50 Å². The molecule has 1 fully saturated rings. The Hall–Kier alpha value is -3.33. The highest BCUT2D eigenvalue weighted by Gasteiger charge is 2.32. The molecule has 1 aromatic carbocycles. The molecule has 0 saturated carbocycles. The first-order valence-electron chi connectivity index (χ1n) is 9.92. The lowest BCUT2D eigenvalue weighted by Crippen LogP contribution is -2.36. The number of ether oxygens (including phenoxy) is 2. The fourth-order valence-corrected chi connectivity index (χ4v) is 4.02. The van der Waals surface area contributed by atoms with Crippen LogP contribution in [0.5, 0.6) is 11.5 Å². The van der Waals surface area contributed by atoms with Crippen molar-refractivity contribution in [3.8, 4) is 11.5 Å². The second kappa shape index (κ2) is 6.88. The van der Waals surface area contributed by atoms with Crippen molar-refractivity contribution >= 4 is 22.9 Å². The van der Waals surface area contributed by atoms with E-state index in [1.54, 1.807) is 0 Å². The molecule has 0 spiro atoms. The van der Waals surface area contributed by atoms with E-state index in [1.807, 2.05) is 12.1 Å². The number of carbonyl (C=O) groups excluding carboxylic acids is 1. The Labute approximate surface area is 173 Å². The van der Waals surface area contributed by atoms with E-state index in [1.165, 1.54) is 23.1 Å². The van der Waals surface area contributed by atoms with Gasteiger partial charge in [0.2, 0.25) is 0 Å². The summed E-state index contributed by atoms with van der Waals surface area (Å²) < 4.78 is 13.0. The van der Waals surface area contributed by atoms with Crippen LogP contribution in [0.1, 0.15) is 29.8 Å². The predicted octanol–water partition coefficient (Wildman–Crippen LogP) is 2.24. The minimum atomic E-state index is -0.309. The maximum absolute atomic E-state index is 13.1. The molecule has 0 atom stereocenters. The first kappa shape index (κ1) is 18.7. The van der Waals surface area contributed by atoms with Crippen LogP contribution in [0.2, 0.25) is 0 Å². The van der Waals surface area contributed by atoms with Crippen LogP contribution in [0.4, 0.5) is 11.4 Å². The molecule has 156 valence electrons. The van der Waals surface area contributed by atoms with Crippen molar-refractivity contribution in [2.75, 3.05) is 36.5 Å². The van der Waals surface area contributed by atoms with Gasteiger partial charge >= 0.3 is 0 Å². The molecule has 2 aromatic heterocycles. The van der Waals surface area contributed by atoms with Gasteiger partial charge in [0.05, 0.1) is 43.2 Å². The summed E-state index contributed by atoms with van der Waals surface area (Å²) in [7, 11) is 0. The zero-order chi connectivity index (χ0) is 20.9. The van der Waals surface area contributed by atoms with Crippen molar-refractivity contribution in [2.24, 2.45) is 0 Å². The van der Waals surface area contributed by atoms with E-state index in [4.69, 9.17) is 9.47 Å². The van der Waals surface area contributed by atoms with Crippen LogP contribution in [0.3, 0.4) is 0 Å². The molecule has 0 aliphatic carbocycles. The molecule has 2 aliphatic rings. The third-order valence-corrected chi connectivity index (χ3v) is 5.37. The second-order valence-corrected chi connectivity index (χ2v) is 8.21. The fraction of sp³-hybridized carbons (Fsp3) is 0.381. The number of rotatable bonds is 3. The molecular formula is C21H23N5O4. The van der Waals surface area contributed by atoms with Gasteiger partial charge in [0, 0.05) is 31.1 Å². The maximum atomic E-state index is 13.1. The lowest BCUT2D eigenvalue weighted by molar-refractivity contribution is 0.102.